The number of rotatable bonds is 5. The molecule has 1 saturated heterocycles. The molecule has 1 aliphatic heterocycles. The lowest BCUT2D eigenvalue weighted by Gasteiger charge is -2.31. The van der Waals surface area contributed by atoms with Gasteiger partial charge < -0.3 is 15.5 Å². The van der Waals surface area contributed by atoms with E-state index in [4.69, 9.17) is 11.6 Å². The van der Waals surface area contributed by atoms with Gasteiger partial charge in [-0.05, 0) is 42.0 Å². The maximum Gasteiger partial charge on any atom is 0.191 e. The van der Waals surface area contributed by atoms with E-state index in [2.05, 4.69) is 44.6 Å². The van der Waals surface area contributed by atoms with Crippen molar-refractivity contribution in [2.24, 2.45) is 10.9 Å². The third kappa shape index (κ3) is 5.60. The van der Waals surface area contributed by atoms with Gasteiger partial charge in [0.15, 0.2) is 5.96 Å². The molecule has 27 heavy (non-hydrogen) atoms. The molecule has 2 aromatic rings. The smallest absolute Gasteiger partial charge is 0.191 e. The number of piperidine rings is 1. The predicted molar refractivity (Wildman–Crippen MR) is 113 cm³/mol. The number of hydrogen-bond acceptors (Lipinski definition) is 3. The van der Waals surface area contributed by atoms with E-state index in [1.807, 2.05) is 30.5 Å². The van der Waals surface area contributed by atoms with E-state index in [9.17, 15) is 0 Å². The Bertz CT molecular complexity index is 751. The lowest BCUT2D eigenvalue weighted by atomic mass is 9.99. The summed E-state index contributed by atoms with van der Waals surface area (Å²) in [5.74, 6) is 2.64. The van der Waals surface area contributed by atoms with E-state index in [1.165, 1.54) is 12.8 Å². The lowest BCUT2D eigenvalue weighted by Crippen LogP contribution is -2.36. The molecule has 0 atom stereocenters. The molecule has 3 rings (SSSR count). The summed E-state index contributed by atoms with van der Waals surface area (Å²) in [6.45, 7) is 5.83. The molecule has 0 aliphatic carbocycles. The fourth-order valence-electron chi connectivity index (χ4n) is 3.17. The minimum atomic E-state index is 0.629. The van der Waals surface area contributed by atoms with Gasteiger partial charge in [0.25, 0.3) is 0 Å². The van der Waals surface area contributed by atoms with E-state index >= 15 is 0 Å². The van der Waals surface area contributed by atoms with Crippen molar-refractivity contribution in [3.8, 4) is 0 Å². The minimum Gasteiger partial charge on any atom is -0.357 e. The Morgan fingerprint density at radius 1 is 1.15 bits per heavy atom. The summed E-state index contributed by atoms with van der Waals surface area (Å²) in [7, 11) is 1.76. The first kappa shape index (κ1) is 19.5. The molecule has 1 aromatic carbocycles. The molecule has 0 saturated carbocycles. The summed E-state index contributed by atoms with van der Waals surface area (Å²) >= 11 is 6.20. The van der Waals surface area contributed by atoms with Gasteiger partial charge in [0.2, 0.25) is 0 Å². The first-order chi connectivity index (χ1) is 13.2. The number of aromatic nitrogens is 1. The second-order valence-electron chi connectivity index (χ2n) is 7.06. The zero-order valence-electron chi connectivity index (χ0n) is 16.1. The Kier molecular flexibility index (Phi) is 6.93. The second-order valence-corrected chi connectivity index (χ2v) is 7.47. The highest BCUT2D eigenvalue weighted by molar-refractivity contribution is 6.31. The van der Waals surface area contributed by atoms with E-state index in [0.717, 1.165) is 46.9 Å². The molecule has 2 heterocycles. The number of hydrogen-bond donors (Lipinski definition) is 2. The number of anilines is 1. The van der Waals surface area contributed by atoms with Crippen LogP contribution in [0.1, 0.15) is 30.9 Å². The van der Waals surface area contributed by atoms with Crippen molar-refractivity contribution < 1.29 is 0 Å². The monoisotopic (exact) mass is 385 g/mol. The van der Waals surface area contributed by atoms with Crippen molar-refractivity contribution in [2.75, 3.05) is 25.0 Å². The maximum absolute atomic E-state index is 6.20. The van der Waals surface area contributed by atoms with Crippen molar-refractivity contribution >= 4 is 23.4 Å². The van der Waals surface area contributed by atoms with Crippen LogP contribution in [0.15, 0.2) is 47.6 Å². The number of nitrogens with one attached hydrogen (secondary N) is 2. The highest BCUT2D eigenvalue weighted by Gasteiger charge is 2.16. The Hall–Kier alpha value is -2.27. The van der Waals surface area contributed by atoms with E-state index in [0.29, 0.717) is 13.1 Å². The number of aliphatic imine (C=N–C) groups is 1. The molecule has 0 unspecified atom stereocenters. The maximum atomic E-state index is 6.20. The van der Waals surface area contributed by atoms with Gasteiger partial charge in [-0.15, -0.1) is 0 Å². The molecule has 0 amide bonds. The molecule has 5 nitrogen and oxygen atoms in total. The summed E-state index contributed by atoms with van der Waals surface area (Å²) in [6, 6.07) is 12.1. The van der Waals surface area contributed by atoms with Crippen molar-refractivity contribution in [1.82, 2.24) is 15.6 Å². The SMILES string of the molecule is CN=C(NCc1ccc(N2CCC(C)CC2)nc1)NCc1ccccc1Cl. The molecule has 0 bridgehead atoms. The molecular weight excluding hydrogens is 358 g/mol. The summed E-state index contributed by atoms with van der Waals surface area (Å²) in [5.41, 5.74) is 2.17. The lowest BCUT2D eigenvalue weighted by molar-refractivity contribution is 0.436. The van der Waals surface area contributed by atoms with Crippen LogP contribution < -0.4 is 15.5 Å². The Labute approximate surface area is 166 Å². The predicted octanol–water partition coefficient (Wildman–Crippen LogP) is 3.84. The average Bonchev–Trinajstić information content (AvgIpc) is 2.70. The average molecular weight is 386 g/mol. The molecule has 6 heteroatoms. The van der Waals surface area contributed by atoms with Gasteiger partial charge in [0.1, 0.15) is 5.82 Å². The third-order valence-corrected chi connectivity index (χ3v) is 5.37. The van der Waals surface area contributed by atoms with E-state index in [1.54, 1.807) is 7.05 Å². The van der Waals surface area contributed by atoms with Crippen LogP contribution in [0.25, 0.3) is 0 Å². The molecule has 0 radical (unpaired) electrons. The number of halogens is 1. The number of guanidine groups is 1. The fourth-order valence-corrected chi connectivity index (χ4v) is 3.38. The van der Waals surface area contributed by atoms with Crippen LogP contribution in [-0.2, 0) is 13.1 Å². The Balaban J connectivity index is 1.49. The third-order valence-electron chi connectivity index (χ3n) is 5.00. The van der Waals surface area contributed by atoms with Gasteiger partial charge in [-0.2, -0.15) is 0 Å². The first-order valence-corrected chi connectivity index (χ1v) is 9.91. The van der Waals surface area contributed by atoms with Crippen LogP contribution in [-0.4, -0.2) is 31.1 Å². The summed E-state index contributed by atoms with van der Waals surface area (Å²) in [6.07, 6.45) is 4.44. The minimum absolute atomic E-state index is 0.629. The fraction of sp³-hybridized carbons (Fsp3) is 0.429. The zero-order chi connectivity index (χ0) is 19.1. The molecule has 144 valence electrons. The molecular formula is C21H28ClN5. The van der Waals surface area contributed by atoms with E-state index in [-0.39, 0.29) is 0 Å². The topological polar surface area (TPSA) is 52.6 Å². The summed E-state index contributed by atoms with van der Waals surface area (Å²) in [4.78, 5) is 11.3. The molecule has 1 aromatic heterocycles. The van der Waals surface area contributed by atoms with Crippen LogP contribution in [0.2, 0.25) is 5.02 Å². The molecule has 1 aliphatic rings. The Morgan fingerprint density at radius 3 is 2.56 bits per heavy atom. The molecule has 0 spiro atoms. The van der Waals surface area contributed by atoms with Gasteiger partial charge in [0.05, 0.1) is 0 Å². The van der Waals surface area contributed by atoms with Gasteiger partial charge in [0, 0.05) is 44.4 Å². The van der Waals surface area contributed by atoms with Crippen molar-refractivity contribution in [3.63, 3.8) is 0 Å². The van der Waals surface area contributed by atoms with Crippen molar-refractivity contribution in [2.45, 2.75) is 32.9 Å². The largest absolute Gasteiger partial charge is 0.357 e. The zero-order valence-corrected chi connectivity index (χ0v) is 16.8. The molecule has 2 N–H and O–H groups in total. The van der Waals surface area contributed by atoms with Gasteiger partial charge in [-0.3, -0.25) is 4.99 Å². The number of benzene rings is 1. The highest BCUT2D eigenvalue weighted by atomic mass is 35.5. The van der Waals surface area contributed by atoms with Crippen molar-refractivity contribution in [1.29, 1.82) is 0 Å². The van der Waals surface area contributed by atoms with E-state index < -0.39 is 0 Å². The summed E-state index contributed by atoms with van der Waals surface area (Å²) in [5, 5.41) is 7.37. The standard InChI is InChI=1S/C21H28ClN5/c1-16-9-11-27(12-10-16)20-8-7-17(13-24-20)14-25-21(23-2)26-15-18-5-3-4-6-19(18)22/h3-8,13,16H,9-12,14-15H2,1-2H3,(H2,23,25,26). The van der Waals surface area contributed by atoms with Crippen LogP contribution in [0.4, 0.5) is 5.82 Å². The van der Waals surface area contributed by atoms with Crippen LogP contribution in [0, 0.1) is 5.92 Å². The number of pyridine rings is 1. The Morgan fingerprint density at radius 2 is 1.89 bits per heavy atom. The van der Waals surface area contributed by atoms with Crippen molar-refractivity contribution in [3.05, 3.63) is 58.7 Å². The molecule has 1 fully saturated rings. The van der Waals surface area contributed by atoms with Crippen LogP contribution in [0.5, 0.6) is 0 Å². The van der Waals surface area contributed by atoms with Gasteiger partial charge in [-0.25, -0.2) is 4.98 Å². The first-order valence-electron chi connectivity index (χ1n) is 9.53. The summed E-state index contributed by atoms with van der Waals surface area (Å²) < 4.78 is 0. The highest BCUT2D eigenvalue weighted by Crippen LogP contribution is 2.21. The number of nitrogens with zero attached hydrogens (tertiary/aromatic N) is 3. The van der Waals surface area contributed by atoms with Gasteiger partial charge in [-0.1, -0.05) is 42.8 Å². The van der Waals surface area contributed by atoms with Crippen LogP contribution >= 0.6 is 11.6 Å². The second kappa shape index (κ2) is 9.60. The normalized spacial score (nSPS) is 15.7. The van der Waals surface area contributed by atoms with Crippen LogP contribution in [0.3, 0.4) is 0 Å². The quantitative estimate of drug-likeness (QED) is 0.606. The van der Waals surface area contributed by atoms with Gasteiger partial charge >= 0.3 is 0 Å².